The van der Waals surface area contributed by atoms with E-state index in [0.717, 1.165) is 34.8 Å². The molecule has 0 spiro atoms. The van der Waals surface area contributed by atoms with E-state index in [1.54, 1.807) is 7.11 Å². The Morgan fingerprint density at radius 1 is 0.976 bits per heavy atom. The minimum absolute atomic E-state index is 0.285. The summed E-state index contributed by atoms with van der Waals surface area (Å²) in [6.45, 7) is 4.02. The Balaban J connectivity index is 1.21. The molecular weight excluding hydrogens is 514 g/mol. The van der Waals surface area contributed by atoms with Crippen molar-refractivity contribution in [3.63, 3.8) is 0 Å². The zero-order valence-corrected chi connectivity index (χ0v) is 23.8. The maximum absolute atomic E-state index is 12.9. The Bertz CT molecular complexity index is 1460. The molecule has 214 valence electrons. The van der Waals surface area contributed by atoms with Gasteiger partial charge in [-0.1, -0.05) is 74.2 Å². The number of methoxy groups -OCH3 is 1. The Morgan fingerprint density at radius 2 is 1.73 bits per heavy atom. The third kappa shape index (κ3) is 6.29. The molecule has 0 radical (unpaired) electrons. The first-order valence-electron chi connectivity index (χ1n) is 14.8. The second-order valence-corrected chi connectivity index (χ2v) is 11.1. The second kappa shape index (κ2) is 12.6. The highest BCUT2D eigenvalue weighted by Crippen LogP contribution is 2.29. The molecule has 41 heavy (non-hydrogen) atoms. The first kappa shape index (κ1) is 27.1. The lowest BCUT2D eigenvalue weighted by atomic mass is 10.0. The van der Waals surface area contributed by atoms with Gasteiger partial charge >= 0.3 is 0 Å². The molecule has 1 N–H and O–H groups in total. The van der Waals surface area contributed by atoms with Crippen molar-refractivity contribution in [1.82, 2.24) is 24.4 Å². The molecule has 1 amide bonds. The van der Waals surface area contributed by atoms with Crippen LogP contribution >= 0.6 is 0 Å². The van der Waals surface area contributed by atoms with Crippen molar-refractivity contribution in [2.45, 2.75) is 51.6 Å². The SMILES string of the molecule is COc1ccccc1CNc1nc(N2CCN(C(=O)CCC3CCCC3)CC2)nc2c1ncn2Cc1ccccc1. The summed E-state index contributed by atoms with van der Waals surface area (Å²) in [4.78, 5) is 31.8. The van der Waals surface area contributed by atoms with Gasteiger partial charge in [0.2, 0.25) is 11.9 Å². The van der Waals surface area contributed by atoms with Gasteiger partial charge in [0.15, 0.2) is 17.0 Å². The normalized spacial score (nSPS) is 15.9. The number of nitrogens with zero attached hydrogens (tertiary/aromatic N) is 6. The van der Waals surface area contributed by atoms with E-state index in [-0.39, 0.29) is 5.91 Å². The Kier molecular flexibility index (Phi) is 8.30. The molecule has 2 aliphatic rings. The molecule has 2 fully saturated rings. The summed E-state index contributed by atoms with van der Waals surface area (Å²) >= 11 is 0. The number of aromatic nitrogens is 4. The van der Waals surface area contributed by atoms with Gasteiger partial charge in [-0.25, -0.2) is 4.98 Å². The van der Waals surface area contributed by atoms with Gasteiger partial charge < -0.3 is 24.4 Å². The van der Waals surface area contributed by atoms with Gasteiger partial charge in [-0.05, 0) is 24.0 Å². The van der Waals surface area contributed by atoms with Crippen LogP contribution in [0.25, 0.3) is 11.2 Å². The summed E-state index contributed by atoms with van der Waals surface area (Å²) in [5.41, 5.74) is 3.74. The van der Waals surface area contributed by atoms with Crippen LogP contribution in [0.15, 0.2) is 60.9 Å². The number of rotatable bonds is 10. The van der Waals surface area contributed by atoms with Crippen LogP contribution in [0, 0.1) is 5.92 Å². The molecule has 1 aliphatic carbocycles. The van der Waals surface area contributed by atoms with E-state index in [9.17, 15) is 4.79 Å². The maximum atomic E-state index is 12.9. The van der Waals surface area contributed by atoms with Crippen molar-refractivity contribution < 1.29 is 9.53 Å². The van der Waals surface area contributed by atoms with Gasteiger partial charge in [-0.3, -0.25) is 4.79 Å². The van der Waals surface area contributed by atoms with E-state index in [0.29, 0.717) is 57.5 Å². The molecule has 4 aromatic rings. The topological polar surface area (TPSA) is 88.4 Å². The Morgan fingerprint density at radius 3 is 2.51 bits per heavy atom. The van der Waals surface area contributed by atoms with Gasteiger partial charge in [0.25, 0.3) is 0 Å². The van der Waals surface area contributed by atoms with Gasteiger partial charge in [-0.2, -0.15) is 9.97 Å². The maximum Gasteiger partial charge on any atom is 0.229 e. The lowest BCUT2D eigenvalue weighted by molar-refractivity contribution is -0.131. The number of piperazine rings is 1. The molecule has 6 rings (SSSR count). The predicted molar refractivity (Wildman–Crippen MR) is 161 cm³/mol. The molecule has 2 aromatic carbocycles. The van der Waals surface area contributed by atoms with Crippen LogP contribution in [0.5, 0.6) is 5.75 Å². The third-order valence-corrected chi connectivity index (χ3v) is 8.44. The van der Waals surface area contributed by atoms with Crippen LogP contribution in [-0.2, 0) is 17.9 Å². The number of fused-ring (bicyclic) bond motifs is 1. The van der Waals surface area contributed by atoms with E-state index in [1.807, 2.05) is 53.7 Å². The molecule has 1 aliphatic heterocycles. The molecule has 1 saturated carbocycles. The molecule has 0 atom stereocenters. The van der Waals surface area contributed by atoms with E-state index >= 15 is 0 Å². The second-order valence-electron chi connectivity index (χ2n) is 11.1. The quantitative estimate of drug-likeness (QED) is 0.292. The number of benzene rings is 2. The fourth-order valence-corrected chi connectivity index (χ4v) is 6.06. The average molecular weight is 554 g/mol. The van der Waals surface area contributed by atoms with Gasteiger partial charge in [0.05, 0.1) is 20.0 Å². The summed E-state index contributed by atoms with van der Waals surface area (Å²) in [6, 6.07) is 18.3. The number of carbonyl (C=O) groups is 1. The number of anilines is 2. The zero-order chi connectivity index (χ0) is 28.0. The molecule has 9 heteroatoms. The molecule has 3 heterocycles. The van der Waals surface area contributed by atoms with E-state index in [2.05, 4.69) is 26.9 Å². The molecule has 2 aromatic heterocycles. The fraction of sp³-hybridized carbons (Fsp3) is 0.438. The molecule has 0 bridgehead atoms. The number of hydrogen-bond acceptors (Lipinski definition) is 7. The zero-order valence-electron chi connectivity index (χ0n) is 23.8. The highest BCUT2D eigenvalue weighted by atomic mass is 16.5. The van der Waals surface area contributed by atoms with Crippen LogP contribution in [0.4, 0.5) is 11.8 Å². The highest BCUT2D eigenvalue weighted by molar-refractivity contribution is 5.84. The average Bonchev–Trinajstić information content (AvgIpc) is 3.70. The van der Waals surface area contributed by atoms with Gasteiger partial charge in [0.1, 0.15) is 5.75 Å². The summed E-state index contributed by atoms with van der Waals surface area (Å²) in [5, 5.41) is 3.51. The van der Waals surface area contributed by atoms with Gasteiger partial charge in [-0.15, -0.1) is 0 Å². The Hall–Kier alpha value is -4.14. The lowest BCUT2D eigenvalue weighted by Crippen LogP contribution is -2.49. The van der Waals surface area contributed by atoms with Crippen molar-refractivity contribution in [3.8, 4) is 5.75 Å². The monoisotopic (exact) mass is 553 g/mol. The Labute approximate surface area is 241 Å². The van der Waals surface area contributed by atoms with Crippen molar-refractivity contribution in [1.29, 1.82) is 0 Å². The number of imidazole rings is 1. The molecule has 0 unspecified atom stereocenters. The predicted octanol–water partition coefficient (Wildman–Crippen LogP) is 5.11. The van der Waals surface area contributed by atoms with E-state index in [1.165, 1.54) is 31.2 Å². The number of nitrogens with one attached hydrogen (secondary N) is 1. The number of carbonyl (C=O) groups excluding carboxylic acids is 1. The first-order chi connectivity index (χ1) is 20.2. The van der Waals surface area contributed by atoms with Crippen LogP contribution in [-0.4, -0.2) is 63.6 Å². The summed E-state index contributed by atoms with van der Waals surface area (Å²) in [6.07, 6.45) is 8.76. The molecular formula is C32H39N7O2. The third-order valence-electron chi connectivity index (χ3n) is 8.44. The number of ether oxygens (including phenoxy) is 1. The van der Waals surface area contributed by atoms with Crippen molar-refractivity contribution in [2.24, 2.45) is 5.92 Å². The van der Waals surface area contributed by atoms with Crippen LogP contribution in [0.1, 0.15) is 49.7 Å². The lowest BCUT2D eigenvalue weighted by Gasteiger charge is -2.35. The number of para-hydroxylation sites is 1. The standard InChI is InChI=1S/C32H39N7O2/c1-41-27-14-8-7-13-26(27)21-33-30-29-31(39(23-34-29)22-25-11-3-2-4-12-25)36-32(35-30)38-19-17-37(18-20-38)28(40)16-15-24-9-5-6-10-24/h2-4,7-8,11-14,23-24H,5-6,9-10,15-22H2,1H3,(H,33,35,36). The van der Waals surface area contributed by atoms with Crippen molar-refractivity contribution in [3.05, 3.63) is 72.1 Å². The summed E-state index contributed by atoms with van der Waals surface area (Å²) in [7, 11) is 1.68. The van der Waals surface area contributed by atoms with E-state index < -0.39 is 0 Å². The van der Waals surface area contributed by atoms with Crippen LogP contribution in [0.3, 0.4) is 0 Å². The smallest absolute Gasteiger partial charge is 0.229 e. The van der Waals surface area contributed by atoms with E-state index in [4.69, 9.17) is 19.7 Å². The summed E-state index contributed by atoms with van der Waals surface area (Å²) < 4.78 is 7.63. The summed E-state index contributed by atoms with van der Waals surface area (Å²) in [5.74, 6) is 3.20. The van der Waals surface area contributed by atoms with Gasteiger partial charge in [0, 0.05) is 44.7 Å². The minimum Gasteiger partial charge on any atom is -0.496 e. The molecule has 1 saturated heterocycles. The highest BCUT2D eigenvalue weighted by Gasteiger charge is 2.25. The largest absolute Gasteiger partial charge is 0.496 e. The fourth-order valence-electron chi connectivity index (χ4n) is 6.06. The minimum atomic E-state index is 0.285. The van der Waals surface area contributed by atoms with Crippen molar-refractivity contribution in [2.75, 3.05) is 43.5 Å². The first-order valence-corrected chi connectivity index (χ1v) is 14.8. The molecule has 9 nitrogen and oxygen atoms in total. The van der Waals surface area contributed by atoms with Crippen LogP contribution in [0.2, 0.25) is 0 Å². The van der Waals surface area contributed by atoms with Crippen molar-refractivity contribution >= 4 is 28.8 Å². The number of hydrogen-bond donors (Lipinski definition) is 1. The number of amides is 1. The van der Waals surface area contributed by atoms with Crippen LogP contribution < -0.4 is 15.0 Å².